The zero-order valence-electron chi connectivity index (χ0n) is 8.42. The Morgan fingerprint density at radius 2 is 2.06 bits per heavy atom. The summed E-state index contributed by atoms with van der Waals surface area (Å²) < 4.78 is 1.12. The Bertz CT molecular complexity index is 631. The Morgan fingerprint density at radius 3 is 2.88 bits per heavy atom. The lowest BCUT2D eigenvalue weighted by atomic mass is 10.1. The molecule has 2 aromatic heterocycles. The molecule has 0 bridgehead atoms. The van der Waals surface area contributed by atoms with Gasteiger partial charge in [-0.15, -0.1) is 0 Å². The summed E-state index contributed by atoms with van der Waals surface area (Å²) in [6, 6.07) is 10.1. The van der Waals surface area contributed by atoms with E-state index in [0.717, 1.165) is 21.3 Å². The molecular formula is C12H9N3S. The highest BCUT2D eigenvalue weighted by Gasteiger charge is 2.03. The number of rotatable bonds is 1. The molecule has 0 saturated heterocycles. The lowest BCUT2D eigenvalue weighted by Gasteiger charge is -1.99. The van der Waals surface area contributed by atoms with Crippen LogP contribution in [-0.4, -0.2) is 9.97 Å². The van der Waals surface area contributed by atoms with E-state index in [1.807, 2.05) is 30.5 Å². The number of pyridine rings is 1. The standard InChI is InChI=1S/C12H9N3S/c13-12-15-10-6-8(3-4-11(10)16-12)9-2-1-5-14-7-9/h1-7H,(H2,13,15). The first-order valence-electron chi connectivity index (χ1n) is 4.89. The van der Waals surface area contributed by atoms with Gasteiger partial charge in [0.25, 0.3) is 0 Å². The average Bonchev–Trinajstić information content (AvgIpc) is 2.69. The van der Waals surface area contributed by atoms with Gasteiger partial charge >= 0.3 is 0 Å². The molecular weight excluding hydrogens is 218 g/mol. The topological polar surface area (TPSA) is 51.8 Å². The van der Waals surface area contributed by atoms with Crippen molar-refractivity contribution in [3.63, 3.8) is 0 Å². The van der Waals surface area contributed by atoms with Crippen LogP contribution in [0.25, 0.3) is 21.3 Å². The molecule has 0 saturated carbocycles. The molecule has 4 heteroatoms. The Hall–Kier alpha value is -1.94. The maximum absolute atomic E-state index is 5.67. The second-order valence-corrected chi connectivity index (χ2v) is 4.54. The normalized spacial score (nSPS) is 10.8. The van der Waals surface area contributed by atoms with Crippen LogP contribution in [0.15, 0.2) is 42.7 Å². The van der Waals surface area contributed by atoms with E-state index in [0.29, 0.717) is 5.13 Å². The summed E-state index contributed by atoms with van der Waals surface area (Å²) in [4.78, 5) is 8.38. The third kappa shape index (κ3) is 1.53. The highest BCUT2D eigenvalue weighted by atomic mass is 32.1. The molecule has 0 spiro atoms. The lowest BCUT2D eigenvalue weighted by Crippen LogP contribution is -1.81. The fourth-order valence-corrected chi connectivity index (χ4v) is 2.37. The molecule has 3 nitrogen and oxygen atoms in total. The molecule has 3 aromatic rings. The number of thiazole rings is 1. The van der Waals surface area contributed by atoms with Gasteiger partial charge in [0, 0.05) is 18.0 Å². The number of nitrogens with two attached hydrogens (primary N) is 1. The SMILES string of the molecule is Nc1nc2cc(-c3cccnc3)ccc2s1. The van der Waals surface area contributed by atoms with Crippen molar-refractivity contribution >= 4 is 26.7 Å². The predicted molar refractivity (Wildman–Crippen MR) is 67.3 cm³/mol. The number of benzene rings is 1. The summed E-state index contributed by atoms with van der Waals surface area (Å²) >= 11 is 1.51. The minimum Gasteiger partial charge on any atom is -0.375 e. The lowest BCUT2D eigenvalue weighted by molar-refractivity contribution is 1.33. The molecule has 2 heterocycles. The van der Waals surface area contributed by atoms with Crippen LogP contribution >= 0.6 is 11.3 Å². The zero-order chi connectivity index (χ0) is 11.0. The van der Waals surface area contributed by atoms with Crippen molar-refractivity contribution in [2.75, 3.05) is 5.73 Å². The summed E-state index contributed by atoms with van der Waals surface area (Å²) in [7, 11) is 0. The molecule has 16 heavy (non-hydrogen) atoms. The monoisotopic (exact) mass is 227 g/mol. The van der Waals surface area contributed by atoms with Crippen LogP contribution in [0, 0.1) is 0 Å². The summed E-state index contributed by atoms with van der Waals surface area (Å²) in [5, 5.41) is 0.610. The summed E-state index contributed by atoms with van der Waals surface area (Å²) in [5.74, 6) is 0. The van der Waals surface area contributed by atoms with Gasteiger partial charge in [-0.2, -0.15) is 0 Å². The Balaban J connectivity index is 2.18. The minimum atomic E-state index is 0.610. The molecule has 0 aliphatic heterocycles. The smallest absolute Gasteiger partial charge is 0.181 e. The third-order valence-electron chi connectivity index (χ3n) is 2.40. The third-order valence-corrected chi connectivity index (χ3v) is 3.26. The number of anilines is 1. The van der Waals surface area contributed by atoms with Gasteiger partial charge in [0.15, 0.2) is 5.13 Å². The Morgan fingerprint density at radius 1 is 1.12 bits per heavy atom. The maximum atomic E-state index is 5.67. The van der Waals surface area contributed by atoms with E-state index in [2.05, 4.69) is 16.0 Å². The van der Waals surface area contributed by atoms with Gasteiger partial charge < -0.3 is 5.73 Å². The van der Waals surface area contributed by atoms with Crippen molar-refractivity contribution in [1.29, 1.82) is 0 Å². The van der Waals surface area contributed by atoms with Crippen LogP contribution in [0.5, 0.6) is 0 Å². The van der Waals surface area contributed by atoms with Gasteiger partial charge in [-0.3, -0.25) is 4.98 Å². The van der Waals surface area contributed by atoms with Gasteiger partial charge in [-0.1, -0.05) is 23.5 Å². The molecule has 0 radical (unpaired) electrons. The minimum absolute atomic E-state index is 0.610. The van der Waals surface area contributed by atoms with Crippen LogP contribution in [0.3, 0.4) is 0 Å². The highest BCUT2D eigenvalue weighted by Crippen LogP contribution is 2.28. The first kappa shape index (κ1) is 9.30. The highest BCUT2D eigenvalue weighted by molar-refractivity contribution is 7.22. The van der Waals surface area contributed by atoms with Crippen LogP contribution in [0.2, 0.25) is 0 Å². The van der Waals surface area contributed by atoms with Crippen LogP contribution in [0.1, 0.15) is 0 Å². The van der Waals surface area contributed by atoms with Crippen molar-refractivity contribution in [2.24, 2.45) is 0 Å². The van der Waals surface area contributed by atoms with E-state index in [-0.39, 0.29) is 0 Å². The summed E-state index contributed by atoms with van der Waals surface area (Å²) in [6.07, 6.45) is 3.61. The summed E-state index contributed by atoms with van der Waals surface area (Å²) in [5.41, 5.74) is 8.83. The molecule has 0 amide bonds. The molecule has 2 N–H and O–H groups in total. The average molecular weight is 227 g/mol. The molecule has 0 aliphatic rings. The second kappa shape index (κ2) is 3.57. The van der Waals surface area contributed by atoms with Crippen LogP contribution in [0.4, 0.5) is 5.13 Å². The number of hydrogen-bond donors (Lipinski definition) is 1. The molecule has 0 fully saturated rings. The number of nitrogen functional groups attached to an aromatic ring is 1. The first-order valence-corrected chi connectivity index (χ1v) is 5.71. The largest absolute Gasteiger partial charge is 0.375 e. The zero-order valence-corrected chi connectivity index (χ0v) is 9.24. The molecule has 0 unspecified atom stereocenters. The fraction of sp³-hybridized carbons (Fsp3) is 0. The van der Waals surface area contributed by atoms with Crippen molar-refractivity contribution in [3.8, 4) is 11.1 Å². The van der Waals surface area contributed by atoms with Gasteiger partial charge in [-0.05, 0) is 23.8 Å². The van der Waals surface area contributed by atoms with Gasteiger partial charge in [-0.25, -0.2) is 4.98 Å². The van der Waals surface area contributed by atoms with Crippen LogP contribution in [-0.2, 0) is 0 Å². The second-order valence-electron chi connectivity index (χ2n) is 3.48. The van der Waals surface area contributed by atoms with Gasteiger partial charge in [0.1, 0.15) is 0 Å². The number of hydrogen-bond acceptors (Lipinski definition) is 4. The molecule has 78 valence electrons. The Labute approximate surface area is 96.6 Å². The van der Waals surface area contributed by atoms with Gasteiger partial charge in [0.2, 0.25) is 0 Å². The van der Waals surface area contributed by atoms with Crippen molar-refractivity contribution in [3.05, 3.63) is 42.7 Å². The number of nitrogens with zero attached hydrogens (tertiary/aromatic N) is 2. The van der Waals surface area contributed by atoms with E-state index in [1.54, 1.807) is 6.20 Å². The number of aromatic nitrogens is 2. The van der Waals surface area contributed by atoms with E-state index < -0.39 is 0 Å². The number of fused-ring (bicyclic) bond motifs is 1. The van der Waals surface area contributed by atoms with Gasteiger partial charge in [0.05, 0.1) is 10.2 Å². The van der Waals surface area contributed by atoms with E-state index in [9.17, 15) is 0 Å². The van der Waals surface area contributed by atoms with Crippen molar-refractivity contribution in [2.45, 2.75) is 0 Å². The van der Waals surface area contributed by atoms with Crippen molar-refractivity contribution in [1.82, 2.24) is 9.97 Å². The van der Waals surface area contributed by atoms with E-state index in [1.165, 1.54) is 11.3 Å². The molecule has 1 aromatic carbocycles. The van der Waals surface area contributed by atoms with E-state index in [4.69, 9.17) is 5.73 Å². The molecule has 0 aliphatic carbocycles. The van der Waals surface area contributed by atoms with Crippen LogP contribution < -0.4 is 5.73 Å². The van der Waals surface area contributed by atoms with Crippen molar-refractivity contribution < 1.29 is 0 Å². The predicted octanol–water partition coefficient (Wildman–Crippen LogP) is 2.94. The maximum Gasteiger partial charge on any atom is 0.181 e. The Kier molecular flexibility index (Phi) is 2.08. The fourth-order valence-electron chi connectivity index (χ4n) is 1.66. The molecule has 0 atom stereocenters. The molecule has 3 rings (SSSR count). The first-order chi connectivity index (χ1) is 7.83. The quantitative estimate of drug-likeness (QED) is 0.695. The van der Waals surface area contributed by atoms with E-state index >= 15 is 0 Å². The summed E-state index contributed by atoms with van der Waals surface area (Å²) in [6.45, 7) is 0.